The summed E-state index contributed by atoms with van der Waals surface area (Å²) in [6, 6.07) is 8.27. The molecule has 39 heavy (non-hydrogen) atoms. The zero-order valence-corrected chi connectivity index (χ0v) is 24.0. The van der Waals surface area contributed by atoms with Crippen molar-refractivity contribution in [2.24, 2.45) is 5.92 Å². The van der Waals surface area contributed by atoms with Crippen molar-refractivity contribution in [1.29, 1.82) is 0 Å². The Balaban J connectivity index is 1.43. The third-order valence-corrected chi connectivity index (χ3v) is 8.22. The lowest BCUT2D eigenvalue weighted by atomic mass is 9.98. The molecule has 0 radical (unpaired) electrons. The van der Waals surface area contributed by atoms with Crippen LogP contribution in [-0.2, 0) is 12.7 Å². The lowest BCUT2D eigenvalue weighted by molar-refractivity contribution is -0.138. The van der Waals surface area contributed by atoms with E-state index < -0.39 is 11.7 Å². The zero-order valence-electron chi connectivity index (χ0n) is 23.1. The van der Waals surface area contributed by atoms with Crippen LogP contribution in [0.5, 0.6) is 5.75 Å². The highest BCUT2D eigenvalue weighted by Crippen LogP contribution is 2.40. The molecule has 1 unspecified atom stereocenters. The number of alkyl halides is 3. The SMILES string of the molecule is CCCCCOc1ccc(N(C)c2nc(-c3ccc(CN4CCCCC(C)CC4)nc3)cs2)cc1C(F)(F)F. The first-order valence-corrected chi connectivity index (χ1v) is 14.8. The summed E-state index contributed by atoms with van der Waals surface area (Å²) in [5.74, 6) is 0.647. The predicted molar refractivity (Wildman–Crippen MR) is 153 cm³/mol. The minimum absolute atomic E-state index is 0.132. The molecule has 0 saturated carbocycles. The van der Waals surface area contributed by atoms with Gasteiger partial charge in [0, 0.05) is 36.4 Å². The average Bonchev–Trinajstić information content (AvgIpc) is 3.40. The minimum atomic E-state index is -4.51. The Hall–Kier alpha value is -2.65. The molecule has 0 amide bonds. The van der Waals surface area contributed by atoms with Crippen LogP contribution in [0.1, 0.15) is 70.1 Å². The van der Waals surface area contributed by atoms with Crippen molar-refractivity contribution >= 4 is 22.2 Å². The summed E-state index contributed by atoms with van der Waals surface area (Å²) in [5, 5.41) is 2.52. The van der Waals surface area contributed by atoms with Crippen molar-refractivity contribution in [1.82, 2.24) is 14.9 Å². The van der Waals surface area contributed by atoms with Gasteiger partial charge in [-0.15, -0.1) is 11.3 Å². The standard InChI is InChI=1S/C30H39F3N4OS/c1-4-5-8-17-38-28-13-12-25(18-26(28)30(31,32)33)36(3)29-35-27(21-39-29)23-10-11-24(34-19-23)20-37-15-7-6-9-22(2)14-16-37/h10-13,18-19,21-22H,4-9,14-17,20H2,1-3H3. The molecular weight excluding hydrogens is 521 g/mol. The maximum Gasteiger partial charge on any atom is 0.420 e. The normalized spacial score (nSPS) is 17.0. The monoisotopic (exact) mass is 560 g/mol. The van der Waals surface area contributed by atoms with E-state index in [0.717, 1.165) is 67.8 Å². The molecule has 212 valence electrons. The van der Waals surface area contributed by atoms with Crippen LogP contribution in [0, 0.1) is 5.92 Å². The van der Waals surface area contributed by atoms with Gasteiger partial charge in [-0.2, -0.15) is 13.2 Å². The van der Waals surface area contributed by atoms with Gasteiger partial charge in [0.1, 0.15) is 5.75 Å². The number of thiazole rings is 1. The number of unbranched alkanes of at least 4 members (excludes halogenated alkanes) is 2. The number of halogens is 3. The topological polar surface area (TPSA) is 41.5 Å². The Kier molecular flexibility index (Phi) is 10.2. The fourth-order valence-electron chi connectivity index (χ4n) is 4.81. The van der Waals surface area contributed by atoms with Gasteiger partial charge < -0.3 is 9.64 Å². The number of aromatic nitrogens is 2. The van der Waals surface area contributed by atoms with Gasteiger partial charge in [0.2, 0.25) is 0 Å². The van der Waals surface area contributed by atoms with Crippen molar-refractivity contribution in [3.63, 3.8) is 0 Å². The number of anilines is 2. The Labute approximate surface area is 234 Å². The molecule has 2 aromatic heterocycles. The van der Waals surface area contributed by atoms with Gasteiger partial charge in [0.15, 0.2) is 5.13 Å². The molecule has 4 rings (SSSR count). The molecule has 0 bridgehead atoms. The fraction of sp³-hybridized carbons (Fsp3) is 0.533. The van der Waals surface area contributed by atoms with Gasteiger partial charge in [-0.1, -0.05) is 39.5 Å². The van der Waals surface area contributed by atoms with E-state index in [-0.39, 0.29) is 12.4 Å². The van der Waals surface area contributed by atoms with E-state index in [4.69, 9.17) is 9.72 Å². The summed E-state index contributed by atoms with van der Waals surface area (Å²) in [6.07, 6.45) is 5.04. The van der Waals surface area contributed by atoms with Crippen molar-refractivity contribution < 1.29 is 17.9 Å². The van der Waals surface area contributed by atoms with Crippen molar-refractivity contribution in [3.05, 3.63) is 53.2 Å². The third kappa shape index (κ3) is 8.18. The molecule has 9 heteroatoms. The van der Waals surface area contributed by atoms with Crippen LogP contribution in [0.15, 0.2) is 41.9 Å². The fourth-order valence-corrected chi connectivity index (χ4v) is 5.63. The summed E-state index contributed by atoms with van der Waals surface area (Å²) in [6.45, 7) is 7.71. The van der Waals surface area contributed by atoms with E-state index in [1.165, 1.54) is 43.1 Å². The minimum Gasteiger partial charge on any atom is -0.493 e. The lowest BCUT2D eigenvalue weighted by Gasteiger charge is -2.26. The molecule has 1 aromatic carbocycles. The predicted octanol–water partition coefficient (Wildman–Crippen LogP) is 8.57. The number of nitrogens with zero attached hydrogens (tertiary/aromatic N) is 4. The van der Waals surface area contributed by atoms with Crippen LogP contribution in [-0.4, -0.2) is 41.6 Å². The summed E-state index contributed by atoms with van der Waals surface area (Å²) in [7, 11) is 1.73. The van der Waals surface area contributed by atoms with Crippen molar-refractivity contribution in [3.8, 4) is 17.0 Å². The molecule has 0 aliphatic carbocycles. The summed E-state index contributed by atoms with van der Waals surface area (Å²) in [4.78, 5) is 13.6. The van der Waals surface area contributed by atoms with E-state index in [2.05, 4.69) is 22.9 Å². The van der Waals surface area contributed by atoms with Crippen molar-refractivity contribution in [2.75, 3.05) is 31.6 Å². The molecule has 1 atom stereocenters. The smallest absolute Gasteiger partial charge is 0.420 e. The first-order chi connectivity index (χ1) is 18.7. The number of hydrogen-bond acceptors (Lipinski definition) is 6. The van der Waals surface area contributed by atoms with Crippen LogP contribution in [0.4, 0.5) is 24.0 Å². The molecule has 1 saturated heterocycles. The van der Waals surface area contributed by atoms with E-state index in [1.54, 1.807) is 18.0 Å². The number of rotatable bonds is 10. The average molecular weight is 561 g/mol. The molecule has 1 aliphatic heterocycles. The van der Waals surface area contributed by atoms with E-state index in [9.17, 15) is 13.2 Å². The number of likely N-dealkylation sites (tertiary alicyclic amines) is 1. The molecule has 0 N–H and O–H groups in total. The lowest BCUT2D eigenvalue weighted by Crippen LogP contribution is -2.28. The van der Waals surface area contributed by atoms with E-state index in [1.807, 2.05) is 24.6 Å². The van der Waals surface area contributed by atoms with Crippen LogP contribution in [0.25, 0.3) is 11.3 Å². The first-order valence-electron chi connectivity index (χ1n) is 14.0. The summed E-state index contributed by atoms with van der Waals surface area (Å²) < 4.78 is 46.9. The number of benzene rings is 1. The molecule has 3 aromatic rings. The van der Waals surface area contributed by atoms with Gasteiger partial charge in [-0.25, -0.2) is 4.98 Å². The Bertz CT molecular complexity index is 1180. The molecule has 0 spiro atoms. The number of pyridine rings is 1. The first kappa shape index (κ1) is 29.3. The molecule has 1 fully saturated rings. The molecular formula is C30H39F3N4OS. The van der Waals surface area contributed by atoms with Gasteiger partial charge in [0.25, 0.3) is 0 Å². The Morgan fingerprint density at radius 1 is 1.10 bits per heavy atom. The van der Waals surface area contributed by atoms with Crippen LogP contribution in [0.3, 0.4) is 0 Å². The maximum atomic E-state index is 13.8. The highest BCUT2D eigenvalue weighted by Gasteiger charge is 2.35. The molecule has 3 heterocycles. The summed E-state index contributed by atoms with van der Waals surface area (Å²) in [5.41, 5.74) is 2.32. The second-order valence-electron chi connectivity index (χ2n) is 10.5. The third-order valence-electron chi connectivity index (χ3n) is 7.31. The number of hydrogen-bond donors (Lipinski definition) is 0. The van der Waals surface area contributed by atoms with Crippen LogP contribution in [0.2, 0.25) is 0 Å². The molecule has 1 aliphatic rings. The number of ether oxygens (including phenoxy) is 1. The maximum absolute atomic E-state index is 13.8. The van der Waals surface area contributed by atoms with Gasteiger partial charge >= 0.3 is 6.18 Å². The highest BCUT2D eigenvalue weighted by atomic mass is 32.1. The Morgan fingerprint density at radius 2 is 1.95 bits per heavy atom. The van der Waals surface area contributed by atoms with Crippen LogP contribution >= 0.6 is 11.3 Å². The van der Waals surface area contributed by atoms with E-state index >= 15 is 0 Å². The van der Waals surface area contributed by atoms with Crippen molar-refractivity contribution in [2.45, 2.75) is 71.5 Å². The van der Waals surface area contributed by atoms with Gasteiger partial charge in [-0.05, 0) is 68.6 Å². The van der Waals surface area contributed by atoms with Gasteiger partial charge in [0.05, 0.1) is 23.6 Å². The second-order valence-corrected chi connectivity index (χ2v) is 11.3. The second kappa shape index (κ2) is 13.6. The van der Waals surface area contributed by atoms with Crippen LogP contribution < -0.4 is 9.64 Å². The largest absolute Gasteiger partial charge is 0.493 e. The highest BCUT2D eigenvalue weighted by molar-refractivity contribution is 7.14. The Morgan fingerprint density at radius 3 is 2.69 bits per heavy atom. The molecule has 5 nitrogen and oxygen atoms in total. The van der Waals surface area contributed by atoms with E-state index in [0.29, 0.717) is 10.8 Å². The zero-order chi connectivity index (χ0) is 27.8. The van der Waals surface area contributed by atoms with Gasteiger partial charge in [-0.3, -0.25) is 9.88 Å². The summed E-state index contributed by atoms with van der Waals surface area (Å²) >= 11 is 1.39. The quantitative estimate of drug-likeness (QED) is 0.232.